The maximum Gasteiger partial charge on any atom is 0.410 e. The van der Waals surface area contributed by atoms with Gasteiger partial charge in [0.15, 0.2) is 0 Å². The van der Waals surface area contributed by atoms with Crippen LogP contribution < -0.4 is 0 Å². The molecule has 0 aromatic rings. The first-order valence-electron chi connectivity index (χ1n) is 5.94. The fraction of sp³-hybridized carbons (Fsp3) is 0.538. The van der Waals surface area contributed by atoms with E-state index in [-0.39, 0.29) is 18.5 Å². The van der Waals surface area contributed by atoms with E-state index in [1.807, 2.05) is 0 Å². The van der Waals surface area contributed by atoms with E-state index in [0.717, 1.165) is 12.8 Å². The molecule has 1 aliphatic heterocycles. The van der Waals surface area contributed by atoms with Crippen LogP contribution in [0, 0.1) is 5.92 Å². The molecule has 100 valence electrons. The van der Waals surface area contributed by atoms with Crippen LogP contribution in [0.5, 0.6) is 0 Å². The second-order valence-electron chi connectivity index (χ2n) is 4.27. The molecule has 5 heteroatoms. The number of amides is 1. The van der Waals surface area contributed by atoms with Gasteiger partial charge in [-0.3, -0.25) is 4.79 Å². The van der Waals surface area contributed by atoms with Crippen molar-refractivity contribution in [2.75, 3.05) is 19.7 Å². The molecule has 18 heavy (non-hydrogen) atoms. The van der Waals surface area contributed by atoms with Crippen molar-refractivity contribution in [2.45, 2.75) is 19.8 Å². The highest BCUT2D eigenvalue weighted by Gasteiger charge is 2.30. The monoisotopic (exact) mass is 253 g/mol. The summed E-state index contributed by atoms with van der Waals surface area (Å²) >= 11 is 0. The lowest BCUT2D eigenvalue weighted by Crippen LogP contribution is -2.43. The molecule has 1 unspecified atom stereocenters. The van der Waals surface area contributed by atoms with Crippen LogP contribution in [0.3, 0.4) is 0 Å². The van der Waals surface area contributed by atoms with Gasteiger partial charge in [0.2, 0.25) is 0 Å². The minimum atomic E-state index is -0.414. The van der Waals surface area contributed by atoms with Crippen LogP contribution in [0.4, 0.5) is 4.79 Å². The zero-order chi connectivity index (χ0) is 13.5. The van der Waals surface area contributed by atoms with Gasteiger partial charge in [-0.05, 0) is 19.8 Å². The average molecular weight is 253 g/mol. The maximum absolute atomic E-state index is 11.7. The molecule has 0 saturated carbocycles. The zero-order valence-electron chi connectivity index (χ0n) is 10.7. The molecular weight excluding hydrogens is 234 g/mol. The smallest absolute Gasteiger partial charge is 0.410 e. The predicted molar refractivity (Wildman–Crippen MR) is 66.7 cm³/mol. The Balaban J connectivity index is 2.49. The highest BCUT2D eigenvalue weighted by Crippen LogP contribution is 2.19. The minimum absolute atomic E-state index is 0.177. The van der Waals surface area contributed by atoms with Crippen molar-refractivity contribution in [2.24, 2.45) is 5.92 Å². The summed E-state index contributed by atoms with van der Waals surface area (Å²) in [5, 5.41) is 0. The SMILES string of the molecule is C=CCOC(=O)N1CCCC(C(=O)OC(=C)C)C1. The van der Waals surface area contributed by atoms with E-state index >= 15 is 0 Å². The molecule has 0 aliphatic carbocycles. The number of hydrogen-bond acceptors (Lipinski definition) is 4. The molecule has 1 amide bonds. The fourth-order valence-corrected chi connectivity index (χ4v) is 1.81. The first kappa shape index (κ1) is 14.3. The van der Waals surface area contributed by atoms with Crippen molar-refractivity contribution < 1.29 is 19.1 Å². The van der Waals surface area contributed by atoms with Crippen LogP contribution in [-0.4, -0.2) is 36.7 Å². The number of rotatable bonds is 4. The molecular formula is C13H19NO4. The van der Waals surface area contributed by atoms with Crippen LogP contribution in [0.1, 0.15) is 19.8 Å². The van der Waals surface area contributed by atoms with E-state index in [2.05, 4.69) is 13.2 Å². The number of nitrogens with zero attached hydrogens (tertiary/aromatic N) is 1. The Morgan fingerprint density at radius 3 is 2.83 bits per heavy atom. The Labute approximate surface area is 107 Å². The molecule has 1 aliphatic rings. The van der Waals surface area contributed by atoms with Gasteiger partial charge in [0.25, 0.3) is 0 Å². The summed E-state index contributed by atoms with van der Waals surface area (Å²) < 4.78 is 9.91. The number of carbonyl (C=O) groups excluding carboxylic acids is 2. The molecule has 1 heterocycles. The third kappa shape index (κ3) is 4.24. The highest BCUT2D eigenvalue weighted by atomic mass is 16.6. The van der Waals surface area contributed by atoms with Gasteiger partial charge >= 0.3 is 12.1 Å². The Bertz CT molecular complexity index is 351. The van der Waals surface area contributed by atoms with Gasteiger partial charge in [0, 0.05) is 13.1 Å². The molecule has 0 bridgehead atoms. The largest absolute Gasteiger partial charge is 0.445 e. The molecule has 0 spiro atoms. The standard InChI is InChI=1S/C13H19NO4/c1-4-8-17-13(16)14-7-5-6-11(9-14)12(15)18-10(2)3/h4,11H,1-2,5-9H2,3H3. The number of likely N-dealkylation sites (tertiary alicyclic amines) is 1. The number of hydrogen-bond donors (Lipinski definition) is 0. The van der Waals surface area contributed by atoms with Crippen molar-refractivity contribution in [1.29, 1.82) is 0 Å². The van der Waals surface area contributed by atoms with Crippen LogP contribution in [-0.2, 0) is 14.3 Å². The Kier molecular flexibility index (Phi) is 5.42. The molecule has 0 N–H and O–H groups in total. The Morgan fingerprint density at radius 2 is 2.22 bits per heavy atom. The second kappa shape index (κ2) is 6.83. The number of ether oxygens (including phenoxy) is 2. The lowest BCUT2D eigenvalue weighted by molar-refractivity contribution is -0.145. The molecule has 0 aromatic carbocycles. The lowest BCUT2D eigenvalue weighted by Gasteiger charge is -2.30. The number of piperidine rings is 1. The van der Waals surface area contributed by atoms with Gasteiger partial charge in [-0.25, -0.2) is 4.79 Å². The first-order valence-corrected chi connectivity index (χ1v) is 5.94. The topological polar surface area (TPSA) is 55.8 Å². The summed E-state index contributed by atoms with van der Waals surface area (Å²) in [5.41, 5.74) is 0. The third-order valence-electron chi connectivity index (χ3n) is 2.61. The summed E-state index contributed by atoms with van der Waals surface area (Å²) in [4.78, 5) is 24.9. The summed E-state index contributed by atoms with van der Waals surface area (Å²) in [6.45, 7) is 9.74. The lowest BCUT2D eigenvalue weighted by atomic mass is 9.98. The molecule has 1 saturated heterocycles. The van der Waals surface area contributed by atoms with Crippen LogP contribution in [0.25, 0.3) is 0 Å². The summed E-state index contributed by atoms with van der Waals surface area (Å²) in [7, 11) is 0. The minimum Gasteiger partial charge on any atom is -0.445 e. The van der Waals surface area contributed by atoms with Crippen molar-refractivity contribution in [1.82, 2.24) is 4.90 Å². The number of allylic oxidation sites excluding steroid dienone is 1. The van der Waals surface area contributed by atoms with Crippen LogP contribution in [0.2, 0.25) is 0 Å². The number of carbonyl (C=O) groups is 2. The van der Waals surface area contributed by atoms with Crippen molar-refractivity contribution in [3.8, 4) is 0 Å². The first-order chi connectivity index (χ1) is 8.54. The molecule has 1 atom stereocenters. The zero-order valence-corrected chi connectivity index (χ0v) is 10.7. The van der Waals surface area contributed by atoms with Gasteiger partial charge in [-0.1, -0.05) is 19.2 Å². The Morgan fingerprint density at radius 1 is 1.50 bits per heavy atom. The van der Waals surface area contributed by atoms with Crippen molar-refractivity contribution >= 4 is 12.1 Å². The third-order valence-corrected chi connectivity index (χ3v) is 2.61. The van der Waals surface area contributed by atoms with E-state index in [1.165, 1.54) is 11.0 Å². The van der Waals surface area contributed by atoms with Crippen LogP contribution >= 0.6 is 0 Å². The van der Waals surface area contributed by atoms with E-state index < -0.39 is 6.09 Å². The predicted octanol–water partition coefficient (Wildman–Crippen LogP) is 2.10. The van der Waals surface area contributed by atoms with E-state index in [9.17, 15) is 9.59 Å². The average Bonchev–Trinajstić information content (AvgIpc) is 2.35. The van der Waals surface area contributed by atoms with Gasteiger partial charge < -0.3 is 14.4 Å². The highest BCUT2D eigenvalue weighted by molar-refractivity contribution is 5.75. The quantitative estimate of drug-likeness (QED) is 0.437. The van der Waals surface area contributed by atoms with Crippen LogP contribution in [0.15, 0.2) is 25.0 Å². The molecule has 1 rings (SSSR count). The summed E-state index contributed by atoms with van der Waals surface area (Å²) in [6.07, 6.45) is 2.58. The van der Waals surface area contributed by atoms with E-state index in [4.69, 9.17) is 9.47 Å². The van der Waals surface area contributed by atoms with Crippen molar-refractivity contribution in [3.63, 3.8) is 0 Å². The summed E-state index contributed by atoms with van der Waals surface area (Å²) in [5.74, 6) is -0.262. The summed E-state index contributed by atoms with van der Waals surface area (Å²) in [6, 6.07) is 0. The molecule has 1 fully saturated rings. The van der Waals surface area contributed by atoms with Gasteiger partial charge in [-0.15, -0.1) is 0 Å². The normalized spacial score (nSPS) is 18.9. The van der Waals surface area contributed by atoms with Gasteiger partial charge in [0.1, 0.15) is 6.61 Å². The Hall–Kier alpha value is -1.78. The van der Waals surface area contributed by atoms with Crippen molar-refractivity contribution in [3.05, 3.63) is 25.0 Å². The molecule has 5 nitrogen and oxygen atoms in total. The molecule has 0 radical (unpaired) electrons. The number of esters is 1. The maximum atomic E-state index is 11.7. The van der Waals surface area contributed by atoms with Gasteiger partial charge in [-0.2, -0.15) is 0 Å². The molecule has 0 aromatic heterocycles. The fourth-order valence-electron chi connectivity index (χ4n) is 1.81. The van der Waals surface area contributed by atoms with E-state index in [1.54, 1.807) is 6.92 Å². The van der Waals surface area contributed by atoms with E-state index in [0.29, 0.717) is 18.8 Å². The van der Waals surface area contributed by atoms with Gasteiger partial charge in [0.05, 0.1) is 11.7 Å². The second-order valence-corrected chi connectivity index (χ2v) is 4.27.